The van der Waals surface area contributed by atoms with Gasteiger partial charge in [0.1, 0.15) is 0 Å². The van der Waals surface area contributed by atoms with Gasteiger partial charge in [0.25, 0.3) is 0 Å². The van der Waals surface area contributed by atoms with Gasteiger partial charge in [-0.15, -0.1) is 0 Å². The van der Waals surface area contributed by atoms with Gasteiger partial charge in [0.05, 0.1) is 19.4 Å². The summed E-state index contributed by atoms with van der Waals surface area (Å²) in [5, 5.41) is -0.533. The molecule has 0 aliphatic heterocycles. The number of unbranched alkanes of at least 4 members (excludes halogenated alkanes) is 4. The molecule has 0 unspecified atom stereocenters. The second-order valence-electron chi connectivity index (χ2n) is 5.63. The molecule has 0 amide bonds. The van der Waals surface area contributed by atoms with E-state index in [0.29, 0.717) is 12.8 Å². The van der Waals surface area contributed by atoms with Crippen LogP contribution in [0.25, 0.3) is 0 Å². The van der Waals surface area contributed by atoms with Crippen LogP contribution in [-0.2, 0) is 23.6 Å². The Kier molecular flexibility index (Phi) is 12.0. The van der Waals surface area contributed by atoms with Crippen LogP contribution < -0.4 is 0 Å². The van der Waals surface area contributed by atoms with E-state index >= 15 is 0 Å². The van der Waals surface area contributed by atoms with Crippen molar-refractivity contribution in [2.45, 2.75) is 76.3 Å². The van der Waals surface area contributed by atoms with Crippen molar-refractivity contribution in [2.75, 3.05) is 14.2 Å². The number of methoxy groups -OCH3 is 2. The lowest BCUT2D eigenvalue weighted by atomic mass is 9.90. The molecule has 0 aliphatic carbocycles. The second-order valence-corrected chi connectivity index (χ2v) is 6.76. The first kappa shape index (κ1) is 21.0. The summed E-state index contributed by atoms with van der Waals surface area (Å²) < 4.78 is 21.1. The zero-order valence-electron chi connectivity index (χ0n) is 14.1. The second kappa shape index (κ2) is 12.6. The van der Waals surface area contributed by atoms with Crippen LogP contribution in [0.15, 0.2) is 0 Å². The van der Waals surface area contributed by atoms with Crippen LogP contribution in [0.3, 0.4) is 0 Å². The third-order valence-corrected chi connectivity index (χ3v) is 5.04. The molecule has 0 N–H and O–H groups in total. The summed E-state index contributed by atoms with van der Waals surface area (Å²) in [5.41, 5.74) is 0. The number of carbonyl (C=O) groups is 2. The van der Waals surface area contributed by atoms with Crippen LogP contribution in [0, 0.1) is 0 Å². The molecule has 0 heterocycles. The molecule has 0 fully saturated rings. The number of esters is 2. The molecule has 0 spiro atoms. The largest absolute Gasteiger partial charge is 0.469 e. The van der Waals surface area contributed by atoms with E-state index in [-0.39, 0.29) is 33.2 Å². The average Bonchev–Trinajstić information content (AvgIpc) is 2.55. The molecule has 0 bridgehead atoms. The maximum absolute atomic E-state index is 11.7. The van der Waals surface area contributed by atoms with Crippen molar-refractivity contribution in [3.8, 4) is 0 Å². The van der Waals surface area contributed by atoms with Crippen LogP contribution in [0.1, 0.15) is 71.1 Å². The van der Waals surface area contributed by atoms with Gasteiger partial charge < -0.3 is 9.47 Å². The topological polar surface area (TPSA) is 69.7 Å². The highest BCUT2D eigenvalue weighted by Gasteiger charge is 2.32. The van der Waals surface area contributed by atoms with E-state index in [2.05, 4.69) is 16.4 Å². The fourth-order valence-corrected chi connectivity index (χ4v) is 3.10. The Morgan fingerprint density at radius 1 is 0.864 bits per heavy atom. The van der Waals surface area contributed by atoms with Crippen molar-refractivity contribution in [3.05, 3.63) is 0 Å². The Bertz CT molecular complexity index is 323. The Hall–Kier alpha value is -0.960. The Balaban J connectivity index is 4.57. The van der Waals surface area contributed by atoms with Crippen LogP contribution in [0.4, 0.5) is 0 Å². The van der Waals surface area contributed by atoms with Crippen molar-refractivity contribution in [1.82, 2.24) is 0 Å². The van der Waals surface area contributed by atoms with E-state index in [0.717, 1.165) is 25.7 Å². The maximum atomic E-state index is 11.7. The molecule has 128 valence electrons. The van der Waals surface area contributed by atoms with E-state index in [4.69, 9.17) is 0 Å². The molecule has 0 aromatic rings. The third-order valence-electron chi connectivity index (χ3n) is 3.98. The van der Waals surface area contributed by atoms with Gasteiger partial charge in [0, 0.05) is 12.8 Å². The molecule has 0 saturated carbocycles. The van der Waals surface area contributed by atoms with Crippen molar-refractivity contribution >= 4 is 20.4 Å². The zero-order chi connectivity index (χ0) is 16.8. The summed E-state index contributed by atoms with van der Waals surface area (Å²) >= 11 is 0. The van der Waals surface area contributed by atoms with Gasteiger partial charge in [-0.3, -0.25) is 14.2 Å². The van der Waals surface area contributed by atoms with E-state index in [1.54, 1.807) is 0 Å². The van der Waals surface area contributed by atoms with E-state index < -0.39 is 5.16 Å². The first-order valence-corrected chi connectivity index (χ1v) is 8.83. The Morgan fingerprint density at radius 2 is 1.36 bits per heavy atom. The van der Waals surface area contributed by atoms with Gasteiger partial charge in [0.15, 0.2) is 8.46 Å². The van der Waals surface area contributed by atoms with Crippen LogP contribution in [0.5, 0.6) is 0 Å². The molecule has 0 aromatic heterocycles. The Morgan fingerprint density at radius 3 is 1.77 bits per heavy atom. The molecule has 0 rings (SSSR count). The molecule has 0 radical (unpaired) electrons. The molecular formula is C16H29O5P. The number of hydrogen-bond acceptors (Lipinski definition) is 5. The van der Waals surface area contributed by atoms with Crippen molar-refractivity contribution in [2.24, 2.45) is 0 Å². The van der Waals surface area contributed by atoms with Gasteiger partial charge in [-0.2, -0.15) is 0 Å². The lowest BCUT2D eigenvalue weighted by Crippen LogP contribution is -2.25. The molecule has 6 heteroatoms. The average molecular weight is 332 g/mol. The number of hydrogen-bond donors (Lipinski definition) is 0. The standard InChI is InChI=1S/C16H29O5P/c1-4-5-6-7-8-11-16(22-19,12-9-14(17)20-2)13-10-15(18)21-3/h4-13H2,1-3H3. The minimum Gasteiger partial charge on any atom is -0.469 e. The highest BCUT2D eigenvalue weighted by molar-refractivity contribution is 7.26. The normalized spacial score (nSPS) is 11.4. The summed E-state index contributed by atoms with van der Waals surface area (Å²) in [6, 6.07) is 0. The first-order valence-electron chi connectivity index (χ1n) is 8.01. The first-order chi connectivity index (χ1) is 10.5. The van der Waals surface area contributed by atoms with E-state index in [1.165, 1.54) is 27.1 Å². The molecular weight excluding hydrogens is 303 g/mol. The van der Waals surface area contributed by atoms with Gasteiger partial charge in [-0.25, -0.2) is 0 Å². The van der Waals surface area contributed by atoms with Gasteiger partial charge in [-0.05, 0) is 19.3 Å². The minimum absolute atomic E-state index is 0.00587. The molecule has 0 aliphatic rings. The minimum atomic E-state index is -0.533. The molecule has 0 aromatic carbocycles. The molecule has 0 saturated heterocycles. The summed E-state index contributed by atoms with van der Waals surface area (Å²) in [5.74, 6) is -0.617. The van der Waals surface area contributed by atoms with Gasteiger partial charge in [0.2, 0.25) is 0 Å². The van der Waals surface area contributed by atoms with Crippen molar-refractivity contribution in [1.29, 1.82) is 0 Å². The Labute approximate surface area is 135 Å². The quantitative estimate of drug-likeness (QED) is 0.286. The fraction of sp³-hybridized carbons (Fsp3) is 0.875. The fourth-order valence-electron chi connectivity index (χ4n) is 2.44. The summed E-state index contributed by atoms with van der Waals surface area (Å²) in [6.45, 7) is 2.16. The van der Waals surface area contributed by atoms with E-state index in [9.17, 15) is 14.2 Å². The SMILES string of the molecule is CCCCCCCC(CCC(=O)OC)(CCC(=O)OC)P=O. The highest BCUT2D eigenvalue weighted by Crippen LogP contribution is 2.39. The number of ether oxygens (including phenoxy) is 2. The monoisotopic (exact) mass is 332 g/mol. The summed E-state index contributed by atoms with van der Waals surface area (Å²) in [6.07, 6.45) is 7.71. The third kappa shape index (κ3) is 9.14. The van der Waals surface area contributed by atoms with Crippen LogP contribution in [0.2, 0.25) is 0 Å². The molecule has 0 atom stereocenters. The highest BCUT2D eigenvalue weighted by atomic mass is 31.1. The van der Waals surface area contributed by atoms with Crippen molar-refractivity contribution < 1.29 is 23.6 Å². The van der Waals surface area contributed by atoms with Gasteiger partial charge in [-0.1, -0.05) is 39.0 Å². The summed E-state index contributed by atoms with van der Waals surface area (Å²) in [7, 11) is 2.68. The van der Waals surface area contributed by atoms with Crippen LogP contribution in [-0.4, -0.2) is 31.3 Å². The maximum Gasteiger partial charge on any atom is 0.305 e. The lowest BCUT2D eigenvalue weighted by Gasteiger charge is -2.26. The van der Waals surface area contributed by atoms with E-state index in [1.807, 2.05) is 0 Å². The summed E-state index contributed by atoms with van der Waals surface area (Å²) in [4.78, 5) is 22.7. The predicted octanol–water partition coefficient (Wildman–Crippen LogP) is 4.28. The molecule has 22 heavy (non-hydrogen) atoms. The predicted molar refractivity (Wildman–Crippen MR) is 86.2 cm³/mol. The number of rotatable bonds is 13. The number of carbonyl (C=O) groups excluding carboxylic acids is 2. The van der Waals surface area contributed by atoms with Crippen molar-refractivity contribution in [3.63, 3.8) is 0 Å². The lowest BCUT2D eigenvalue weighted by molar-refractivity contribution is -0.141. The zero-order valence-corrected chi connectivity index (χ0v) is 15.0. The van der Waals surface area contributed by atoms with Gasteiger partial charge >= 0.3 is 11.9 Å². The van der Waals surface area contributed by atoms with Crippen LogP contribution >= 0.6 is 8.46 Å². The smallest absolute Gasteiger partial charge is 0.305 e. The molecule has 5 nitrogen and oxygen atoms in total.